The van der Waals surface area contributed by atoms with Crippen LogP contribution < -0.4 is 11.1 Å². The second-order valence-corrected chi connectivity index (χ2v) is 5.95. The van der Waals surface area contributed by atoms with Crippen molar-refractivity contribution in [3.8, 4) is 0 Å². The van der Waals surface area contributed by atoms with Gasteiger partial charge in [0.25, 0.3) is 5.91 Å². The number of amides is 1. The maximum absolute atomic E-state index is 12.6. The summed E-state index contributed by atoms with van der Waals surface area (Å²) in [6, 6.07) is 15.9. The molecule has 1 amide bonds. The Morgan fingerprint density at radius 2 is 1.58 bits per heavy atom. The molecule has 4 nitrogen and oxygen atoms in total. The van der Waals surface area contributed by atoms with Crippen LogP contribution in [-0.4, -0.2) is 24.3 Å². The summed E-state index contributed by atoms with van der Waals surface area (Å²) in [5.74, 6) is 0.125. The molecular weight excluding hydrogens is 324 g/mol. The molecule has 0 radical (unpaired) electrons. The van der Waals surface area contributed by atoms with E-state index in [1.165, 1.54) is 0 Å². The molecule has 2 aromatic rings. The van der Waals surface area contributed by atoms with Crippen LogP contribution in [0.25, 0.3) is 0 Å². The van der Waals surface area contributed by atoms with Crippen molar-refractivity contribution in [1.82, 2.24) is 5.32 Å². The summed E-state index contributed by atoms with van der Waals surface area (Å²) < 4.78 is 0. The first-order chi connectivity index (χ1) is 11.2. The summed E-state index contributed by atoms with van der Waals surface area (Å²) in [7, 11) is 0. The van der Waals surface area contributed by atoms with E-state index in [2.05, 4.69) is 5.32 Å². The second-order valence-electron chi connectivity index (χ2n) is 5.95. The quantitative estimate of drug-likeness (QED) is 0.791. The van der Waals surface area contributed by atoms with Crippen molar-refractivity contribution in [1.29, 1.82) is 0 Å². The van der Waals surface area contributed by atoms with E-state index in [9.17, 15) is 9.59 Å². The number of nitrogens with one attached hydrogen (secondary N) is 1. The Morgan fingerprint density at radius 3 is 2.21 bits per heavy atom. The SMILES string of the molecule is Cl.NC(CNC(=O)c1ccccc1C(=O)c1ccccc1)C1CC1. The van der Waals surface area contributed by atoms with Crippen LogP contribution in [0.15, 0.2) is 54.6 Å². The van der Waals surface area contributed by atoms with Crippen molar-refractivity contribution in [3.63, 3.8) is 0 Å². The fourth-order valence-corrected chi connectivity index (χ4v) is 2.62. The van der Waals surface area contributed by atoms with E-state index in [1.54, 1.807) is 36.4 Å². The largest absolute Gasteiger partial charge is 0.350 e. The van der Waals surface area contributed by atoms with Crippen LogP contribution in [0.5, 0.6) is 0 Å². The standard InChI is InChI=1S/C19H20N2O2.ClH/c20-17(13-10-11-13)12-21-19(23)16-9-5-4-8-15(16)18(22)14-6-2-1-3-7-14;/h1-9,13,17H,10-12,20H2,(H,21,23);1H. The zero-order chi connectivity index (χ0) is 16.2. The number of benzene rings is 2. The molecule has 1 unspecified atom stereocenters. The summed E-state index contributed by atoms with van der Waals surface area (Å²) in [6.45, 7) is 0.442. The molecule has 1 aliphatic carbocycles. The number of carbonyl (C=O) groups excluding carboxylic acids is 2. The Labute approximate surface area is 147 Å². The van der Waals surface area contributed by atoms with E-state index in [0.29, 0.717) is 29.2 Å². The molecule has 1 aliphatic rings. The number of hydrogen-bond donors (Lipinski definition) is 2. The molecule has 3 rings (SSSR count). The Balaban J connectivity index is 0.00000208. The van der Waals surface area contributed by atoms with E-state index in [1.807, 2.05) is 18.2 Å². The maximum atomic E-state index is 12.6. The molecule has 0 aliphatic heterocycles. The molecule has 1 saturated carbocycles. The van der Waals surface area contributed by atoms with Crippen LogP contribution in [0, 0.1) is 5.92 Å². The Bertz CT molecular complexity index is 714. The van der Waals surface area contributed by atoms with Gasteiger partial charge in [0.05, 0.1) is 5.56 Å². The predicted molar refractivity (Wildman–Crippen MR) is 96.6 cm³/mol. The average molecular weight is 345 g/mol. The summed E-state index contributed by atoms with van der Waals surface area (Å²) >= 11 is 0. The third kappa shape index (κ3) is 4.22. The van der Waals surface area contributed by atoms with Crippen LogP contribution in [-0.2, 0) is 0 Å². The summed E-state index contributed by atoms with van der Waals surface area (Å²) in [5, 5.41) is 2.85. The molecule has 3 N–H and O–H groups in total. The van der Waals surface area contributed by atoms with Gasteiger partial charge in [-0.05, 0) is 24.8 Å². The van der Waals surface area contributed by atoms with Crippen molar-refractivity contribution in [3.05, 3.63) is 71.3 Å². The lowest BCUT2D eigenvalue weighted by atomic mass is 9.98. The van der Waals surface area contributed by atoms with Crippen molar-refractivity contribution < 1.29 is 9.59 Å². The molecule has 5 heteroatoms. The Morgan fingerprint density at radius 1 is 1.00 bits per heavy atom. The predicted octanol–water partition coefficient (Wildman–Crippen LogP) is 2.81. The second kappa shape index (κ2) is 8.08. The normalized spacial score (nSPS) is 14.4. The molecule has 0 spiro atoms. The van der Waals surface area contributed by atoms with Gasteiger partial charge in [0, 0.05) is 23.7 Å². The smallest absolute Gasteiger partial charge is 0.252 e. The number of hydrogen-bond acceptors (Lipinski definition) is 3. The summed E-state index contributed by atoms with van der Waals surface area (Å²) in [4.78, 5) is 25.1. The van der Waals surface area contributed by atoms with Crippen LogP contribution in [0.3, 0.4) is 0 Å². The van der Waals surface area contributed by atoms with Gasteiger partial charge in [-0.15, -0.1) is 12.4 Å². The van der Waals surface area contributed by atoms with Gasteiger partial charge in [0.1, 0.15) is 0 Å². The lowest BCUT2D eigenvalue weighted by Gasteiger charge is -2.13. The highest BCUT2D eigenvalue weighted by Crippen LogP contribution is 2.31. The first-order valence-electron chi connectivity index (χ1n) is 7.89. The number of nitrogens with two attached hydrogens (primary N) is 1. The van der Waals surface area contributed by atoms with Gasteiger partial charge in [-0.1, -0.05) is 48.5 Å². The van der Waals surface area contributed by atoms with Crippen LogP contribution in [0.1, 0.15) is 39.1 Å². The third-order valence-electron chi connectivity index (χ3n) is 4.18. The van der Waals surface area contributed by atoms with Crippen LogP contribution in [0.2, 0.25) is 0 Å². The minimum Gasteiger partial charge on any atom is -0.350 e. The Hall–Kier alpha value is -2.17. The molecule has 0 heterocycles. The highest BCUT2D eigenvalue weighted by molar-refractivity contribution is 6.15. The number of carbonyl (C=O) groups is 2. The minimum absolute atomic E-state index is 0. The van der Waals surface area contributed by atoms with Gasteiger partial charge < -0.3 is 11.1 Å². The fraction of sp³-hybridized carbons (Fsp3) is 0.263. The number of ketones is 1. The molecule has 2 aromatic carbocycles. The van der Waals surface area contributed by atoms with E-state index in [0.717, 1.165) is 12.8 Å². The van der Waals surface area contributed by atoms with Crippen LogP contribution >= 0.6 is 12.4 Å². The minimum atomic E-state index is -0.249. The van der Waals surface area contributed by atoms with Gasteiger partial charge in [-0.2, -0.15) is 0 Å². The van der Waals surface area contributed by atoms with Gasteiger partial charge in [0.2, 0.25) is 0 Å². The lowest BCUT2D eigenvalue weighted by molar-refractivity contribution is 0.0939. The monoisotopic (exact) mass is 344 g/mol. The summed E-state index contributed by atoms with van der Waals surface area (Å²) in [6.07, 6.45) is 2.28. The van der Waals surface area contributed by atoms with Gasteiger partial charge >= 0.3 is 0 Å². The van der Waals surface area contributed by atoms with E-state index >= 15 is 0 Å². The van der Waals surface area contributed by atoms with Gasteiger partial charge in [-0.25, -0.2) is 0 Å². The lowest BCUT2D eigenvalue weighted by Crippen LogP contribution is -2.39. The van der Waals surface area contributed by atoms with Crippen molar-refractivity contribution in [2.75, 3.05) is 6.54 Å². The molecule has 126 valence electrons. The number of halogens is 1. The zero-order valence-electron chi connectivity index (χ0n) is 13.3. The van der Waals surface area contributed by atoms with Crippen molar-refractivity contribution >= 4 is 24.1 Å². The molecule has 24 heavy (non-hydrogen) atoms. The van der Waals surface area contributed by atoms with E-state index in [-0.39, 0.29) is 30.1 Å². The van der Waals surface area contributed by atoms with E-state index in [4.69, 9.17) is 5.73 Å². The molecule has 1 fully saturated rings. The molecule has 1 atom stereocenters. The average Bonchev–Trinajstić information content (AvgIpc) is 3.44. The third-order valence-corrected chi connectivity index (χ3v) is 4.18. The fourth-order valence-electron chi connectivity index (χ4n) is 2.62. The Kier molecular flexibility index (Phi) is 6.12. The van der Waals surface area contributed by atoms with Crippen LogP contribution in [0.4, 0.5) is 0 Å². The number of rotatable bonds is 6. The maximum Gasteiger partial charge on any atom is 0.252 e. The van der Waals surface area contributed by atoms with E-state index < -0.39 is 0 Å². The molecule has 0 saturated heterocycles. The topological polar surface area (TPSA) is 72.2 Å². The molecular formula is C19H21ClN2O2. The highest BCUT2D eigenvalue weighted by Gasteiger charge is 2.28. The summed E-state index contributed by atoms with van der Waals surface area (Å²) in [5.41, 5.74) is 7.39. The first kappa shape index (κ1) is 18.2. The van der Waals surface area contributed by atoms with Gasteiger partial charge in [0.15, 0.2) is 5.78 Å². The zero-order valence-corrected chi connectivity index (χ0v) is 14.1. The first-order valence-corrected chi connectivity index (χ1v) is 7.89. The van der Waals surface area contributed by atoms with Crippen molar-refractivity contribution in [2.24, 2.45) is 11.7 Å². The van der Waals surface area contributed by atoms with Crippen molar-refractivity contribution in [2.45, 2.75) is 18.9 Å². The molecule has 0 bridgehead atoms. The highest BCUT2D eigenvalue weighted by atomic mass is 35.5. The van der Waals surface area contributed by atoms with Gasteiger partial charge in [-0.3, -0.25) is 9.59 Å². The molecule has 0 aromatic heterocycles.